The van der Waals surface area contributed by atoms with Crippen LogP contribution in [0.15, 0.2) is 12.1 Å². The van der Waals surface area contributed by atoms with Crippen LogP contribution in [0, 0.1) is 13.8 Å². The molecule has 0 aliphatic carbocycles. The number of nitrogens with one attached hydrogen (secondary N) is 1. The molecule has 0 saturated carbocycles. The summed E-state index contributed by atoms with van der Waals surface area (Å²) in [5, 5.41) is 2.02. The molecule has 7 N–H and O–H groups in total. The van der Waals surface area contributed by atoms with Crippen LogP contribution in [0.1, 0.15) is 35.1 Å². The van der Waals surface area contributed by atoms with Crippen LogP contribution in [0.25, 0.3) is 0 Å². The average molecular weight is 440 g/mol. The van der Waals surface area contributed by atoms with Gasteiger partial charge in [-0.3, -0.25) is 14.9 Å². The Balaban J connectivity index is 2.04. The summed E-state index contributed by atoms with van der Waals surface area (Å²) in [7, 11) is -3.52. The summed E-state index contributed by atoms with van der Waals surface area (Å²) in [4.78, 5) is 33.9. The number of rotatable bonds is 7. The lowest BCUT2D eigenvalue weighted by Gasteiger charge is -2.36. The summed E-state index contributed by atoms with van der Waals surface area (Å²) in [6, 6.07) is 2.69. The zero-order chi connectivity index (χ0) is 22.7. The Morgan fingerprint density at radius 2 is 1.63 bits per heavy atom. The minimum atomic E-state index is -3.52. The lowest BCUT2D eigenvalue weighted by molar-refractivity contribution is -0.124. The first-order chi connectivity index (χ1) is 13.8. The van der Waals surface area contributed by atoms with E-state index < -0.39 is 33.4 Å². The molecular formula is C19H29N5O5S. The van der Waals surface area contributed by atoms with Crippen LogP contribution in [0.5, 0.6) is 0 Å². The molecule has 0 atom stereocenters. The standard InChI is InChI=1S/C19H29N5O5S/c1-12-9-14(11-16(25)23-18(21)27)10-13(2)15(12)3-8-30(28,29)24-6-4-19(22,5-7-24)17(20)26/h9-10H,3-8,11,22H2,1-2H3,(H2,20,26)(H3,21,23,25,27). The molecule has 1 fully saturated rings. The van der Waals surface area contributed by atoms with Crippen molar-refractivity contribution in [3.05, 3.63) is 34.4 Å². The van der Waals surface area contributed by atoms with Gasteiger partial charge in [0.05, 0.1) is 17.7 Å². The Labute approximate surface area is 176 Å². The predicted molar refractivity (Wildman–Crippen MR) is 112 cm³/mol. The molecule has 1 heterocycles. The normalized spacial score (nSPS) is 16.8. The molecule has 11 heteroatoms. The molecule has 0 aromatic heterocycles. The number of urea groups is 1. The van der Waals surface area contributed by atoms with Crippen molar-refractivity contribution in [2.24, 2.45) is 17.2 Å². The van der Waals surface area contributed by atoms with Crippen molar-refractivity contribution in [1.29, 1.82) is 0 Å². The van der Waals surface area contributed by atoms with Crippen molar-refractivity contribution < 1.29 is 22.8 Å². The van der Waals surface area contributed by atoms with Crippen molar-refractivity contribution in [3.63, 3.8) is 0 Å². The van der Waals surface area contributed by atoms with Crippen LogP contribution < -0.4 is 22.5 Å². The summed E-state index contributed by atoms with van der Waals surface area (Å²) >= 11 is 0. The van der Waals surface area contributed by atoms with Gasteiger partial charge in [0.25, 0.3) is 0 Å². The van der Waals surface area contributed by atoms with Gasteiger partial charge >= 0.3 is 6.03 Å². The van der Waals surface area contributed by atoms with Crippen molar-refractivity contribution in [1.82, 2.24) is 9.62 Å². The first kappa shape index (κ1) is 23.8. The van der Waals surface area contributed by atoms with Crippen molar-refractivity contribution in [2.45, 2.75) is 45.1 Å². The molecule has 1 aliphatic rings. The SMILES string of the molecule is Cc1cc(CC(=O)NC(N)=O)cc(C)c1CCS(=O)(=O)N1CCC(N)(C(N)=O)CC1. The van der Waals surface area contributed by atoms with E-state index in [4.69, 9.17) is 17.2 Å². The van der Waals surface area contributed by atoms with Crippen LogP contribution in [0.3, 0.4) is 0 Å². The molecule has 10 nitrogen and oxygen atoms in total. The van der Waals surface area contributed by atoms with Gasteiger partial charge in [0.2, 0.25) is 21.8 Å². The molecule has 0 unspecified atom stereocenters. The van der Waals surface area contributed by atoms with Crippen LogP contribution in [-0.2, 0) is 32.5 Å². The van der Waals surface area contributed by atoms with Crippen LogP contribution in [0.2, 0.25) is 0 Å². The Kier molecular flexibility index (Phi) is 7.22. The van der Waals surface area contributed by atoms with Gasteiger partial charge in [0, 0.05) is 13.1 Å². The summed E-state index contributed by atoms with van der Waals surface area (Å²) in [6.07, 6.45) is 0.703. The fourth-order valence-corrected chi connectivity index (χ4v) is 5.18. The maximum Gasteiger partial charge on any atom is 0.318 e. The van der Waals surface area contributed by atoms with Gasteiger partial charge in [-0.1, -0.05) is 12.1 Å². The van der Waals surface area contributed by atoms with E-state index >= 15 is 0 Å². The van der Waals surface area contributed by atoms with Gasteiger partial charge < -0.3 is 17.2 Å². The number of hydrogen-bond donors (Lipinski definition) is 4. The van der Waals surface area contributed by atoms with Crippen LogP contribution >= 0.6 is 0 Å². The van der Waals surface area contributed by atoms with Crippen molar-refractivity contribution >= 4 is 27.9 Å². The second-order valence-corrected chi connectivity index (χ2v) is 9.87. The van der Waals surface area contributed by atoms with Gasteiger partial charge in [-0.15, -0.1) is 0 Å². The third kappa shape index (κ3) is 5.77. The average Bonchev–Trinajstić information content (AvgIpc) is 2.60. The molecule has 1 aromatic rings. The molecule has 1 aliphatic heterocycles. The zero-order valence-electron chi connectivity index (χ0n) is 17.2. The highest BCUT2D eigenvalue weighted by Crippen LogP contribution is 2.23. The van der Waals surface area contributed by atoms with Crippen molar-refractivity contribution in [3.8, 4) is 0 Å². The molecule has 0 bridgehead atoms. The topological polar surface area (TPSA) is 179 Å². The largest absolute Gasteiger partial charge is 0.368 e. The highest BCUT2D eigenvalue weighted by Gasteiger charge is 2.39. The minimum absolute atomic E-state index is 0.00230. The van der Waals surface area contributed by atoms with Crippen LogP contribution in [-0.4, -0.2) is 54.9 Å². The third-order valence-electron chi connectivity index (χ3n) is 5.49. The second-order valence-electron chi connectivity index (χ2n) is 7.78. The molecule has 4 amide bonds. The van der Waals surface area contributed by atoms with Gasteiger partial charge in [-0.05, 0) is 55.4 Å². The van der Waals surface area contributed by atoms with E-state index in [9.17, 15) is 22.8 Å². The number of nitrogens with two attached hydrogens (primary N) is 3. The fraction of sp³-hybridized carbons (Fsp3) is 0.526. The van der Waals surface area contributed by atoms with E-state index in [-0.39, 0.29) is 38.1 Å². The number of benzene rings is 1. The molecular weight excluding hydrogens is 410 g/mol. The van der Waals surface area contributed by atoms with E-state index in [1.54, 1.807) is 12.1 Å². The number of aryl methyl sites for hydroxylation is 2. The van der Waals surface area contributed by atoms with E-state index in [0.29, 0.717) is 12.0 Å². The summed E-state index contributed by atoms with van der Waals surface area (Å²) < 4.78 is 26.9. The summed E-state index contributed by atoms with van der Waals surface area (Å²) in [5.41, 5.74) is 18.3. The number of piperidine rings is 1. The summed E-state index contributed by atoms with van der Waals surface area (Å²) in [5.74, 6) is -1.20. The van der Waals surface area contributed by atoms with E-state index in [0.717, 1.165) is 16.7 Å². The Bertz CT molecular complexity index is 929. The Morgan fingerprint density at radius 1 is 1.10 bits per heavy atom. The fourth-order valence-electron chi connectivity index (χ4n) is 3.72. The first-order valence-electron chi connectivity index (χ1n) is 9.59. The van der Waals surface area contributed by atoms with Crippen molar-refractivity contribution in [2.75, 3.05) is 18.8 Å². The van der Waals surface area contributed by atoms with Gasteiger partial charge in [0.15, 0.2) is 0 Å². The van der Waals surface area contributed by atoms with E-state index in [1.807, 2.05) is 19.2 Å². The quantitative estimate of drug-likeness (QED) is 0.431. The van der Waals surface area contributed by atoms with Gasteiger partial charge in [-0.25, -0.2) is 17.5 Å². The smallest absolute Gasteiger partial charge is 0.318 e. The maximum absolute atomic E-state index is 12.7. The molecule has 0 radical (unpaired) electrons. The minimum Gasteiger partial charge on any atom is -0.368 e. The van der Waals surface area contributed by atoms with E-state index in [1.165, 1.54) is 4.31 Å². The lowest BCUT2D eigenvalue weighted by atomic mass is 9.89. The number of carbonyl (C=O) groups is 3. The first-order valence-corrected chi connectivity index (χ1v) is 11.2. The highest BCUT2D eigenvalue weighted by atomic mass is 32.2. The monoisotopic (exact) mass is 439 g/mol. The number of primary amides is 2. The molecule has 1 aromatic carbocycles. The summed E-state index contributed by atoms with van der Waals surface area (Å²) in [6.45, 7) is 4.02. The number of nitrogens with zero attached hydrogens (tertiary/aromatic N) is 1. The molecule has 2 rings (SSSR count). The second kappa shape index (κ2) is 9.11. The number of carbonyl (C=O) groups excluding carboxylic acids is 3. The Hall–Kier alpha value is -2.50. The Morgan fingerprint density at radius 3 is 2.10 bits per heavy atom. The third-order valence-corrected chi connectivity index (χ3v) is 7.36. The molecule has 166 valence electrons. The lowest BCUT2D eigenvalue weighted by Crippen LogP contribution is -2.59. The number of sulfonamides is 1. The number of amides is 4. The predicted octanol–water partition coefficient (Wildman–Crippen LogP) is -0.808. The molecule has 0 spiro atoms. The molecule has 30 heavy (non-hydrogen) atoms. The highest BCUT2D eigenvalue weighted by molar-refractivity contribution is 7.89. The maximum atomic E-state index is 12.7. The van der Waals surface area contributed by atoms with E-state index in [2.05, 4.69) is 0 Å². The zero-order valence-corrected chi connectivity index (χ0v) is 18.0. The van der Waals surface area contributed by atoms with Crippen LogP contribution in [0.4, 0.5) is 4.79 Å². The van der Waals surface area contributed by atoms with Gasteiger partial charge in [-0.2, -0.15) is 0 Å². The number of hydrogen-bond acceptors (Lipinski definition) is 6. The van der Waals surface area contributed by atoms with Gasteiger partial charge in [0.1, 0.15) is 0 Å². The number of imide groups is 1. The molecule has 1 saturated heterocycles.